The molecule has 0 radical (unpaired) electrons. The van der Waals surface area contributed by atoms with Crippen molar-refractivity contribution in [3.05, 3.63) is 17.8 Å². The van der Waals surface area contributed by atoms with Crippen LogP contribution in [0.15, 0.2) is 12.3 Å². The van der Waals surface area contributed by atoms with Crippen LogP contribution in [0.3, 0.4) is 0 Å². The zero-order valence-electron chi connectivity index (χ0n) is 7.17. The lowest BCUT2D eigenvalue weighted by atomic mass is 10.2. The van der Waals surface area contributed by atoms with Gasteiger partial charge in [0.2, 0.25) is 0 Å². The van der Waals surface area contributed by atoms with Crippen molar-refractivity contribution in [2.45, 2.75) is 25.8 Å². The molecule has 1 aromatic heterocycles. The third kappa shape index (κ3) is 1.49. The summed E-state index contributed by atoms with van der Waals surface area (Å²) in [5, 5.41) is 3.34. The molecule has 3 heteroatoms. The first-order valence-corrected chi connectivity index (χ1v) is 4.24. The Labute approximate surface area is 72.0 Å². The summed E-state index contributed by atoms with van der Waals surface area (Å²) in [6.07, 6.45) is 4.23. The first-order valence-electron chi connectivity index (χ1n) is 4.24. The Balaban J connectivity index is 2.18. The molecule has 0 bridgehead atoms. The van der Waals surface area contributed by atoms with E-state index in [1.807, 2.05) is 13.0 Å². The van der Waals surface area contributed by atoms with Crippen molar-refractivity contribution in [1.82, 2.24) is 4.98 Å². The standard InChI is InChI=1S/C9H13N3/c1-6-4-7(10)5-11-9(6)12-8-2-3-8/h4-5,8H,2-3,10H2,1H3,(H,11,12). The lowest BCUT2D eigenvalue weighted by Gasteiger charge is -2.06. The Kier molecular flexibility index (Phi) is 1.64. The lowest BCUT2D eigenvalue weighted by molar-refractivity contribution is 1.10. The van der Waals surface area contributed by atoms with Crippen molar-refractivity contribution < 1.29 is 0 Å². The largest absolute Gasteiger partial charge is 0.397 e. The van der Waals surface area contributed by atoms with Crippen LogP contribution in [0.5, 0.6) is 0 Å². The molecule has 0 atom stereocenters. The maximum atomic E-state index is 5.58. The van der Waals surface area contributed by atoms with Crippen LogP contribution in [-0.4, -0.2) is 11.0 Å². The molecule has 0 aliphatic heterocycles. The maximum Gasteiger partial charge on any atom is 0.129 e. The highest BCUT2D eigenvalue weighted by Crippen LogP contribution is 2.25. The Hall–Kier alpha value is -1.25. The summed E-state index contributed by atoms with van der Waals surface area (Å²) in [7, 11) is 0. The van der Waals surface area contributed by atoms with E-state index in [1.54, 1.807) is 6.20 Å². The van der Waals surface area contributed by atoms with Crippen LogP contribution in [-0.2, 0) is 0 Å². The molecular formula is C9H13N3. The molecule has 1 heterocycles. The van der Waals surface area contributed by atoms with E-state index < -0.39 is 0 Å². The summed E-state index contributed by atoms with van der Waals surface area (Å²) in [6.45, 7) is 2.02. The van der Waals surface area contributed by atoms with Gasteiger partial charge in [0.05, 0.1) is 11.9 Å². The summed E-state index contributed by atoms with van der Waals surface area (Å²) in [5.41, 5.74) is 7.44. The van der Waals surface area contributed by atoms with E-state index in [2.05, 4.69) is 10.3 Å². The van der Waals surface area contributed by atoms with Crippen LogP contribution in [0.2, 0.25) is 0 Å². The molecule has 1 fully saturated rings. The Morgan fingerprint density at radius 3 is 2.92 bits per heavy atom. The molecular weight excluding hydrogens is 150 g/mol. The second kappa shape index (κ2) is 2.66. The van der Waals surface area contributed by atoms with Crippen molar-refractivity contribution in [3.8, 4) is 0 Å². The molecule has 0 unspecified atom stereocenters. The molecule has 1 saturated carbocycles. The highest BCUT2D eigenvalue weighted by atomic mass is 15.0. The highest BCUT2D eigenvalue weighted by Gasteiger charge is 2.21. The molecule has 0 spiro atoms. The Bertz CT molecular complexity index is 292. The fourth-order valence-electron chi connectivity index (χ4n) is 1.17. The first kappa shape index (κ1) is 7.40. The van der Waals surface area contributed by atoms with E-state index >= 15 is 0 Å². The number of nitrogens with zero attached hydrogens (tertiary/aromatic N) is 1. The summed E-state index contributed by atoms with van der Waals surface area (Å²) in [5.74, 6) is 0.978. The topological polar surface area (TPSA) is 50.9 Å². The minimum absolute atomic E-state index is 0.653. The van der Waals surface area contributed by atoms with E-state index in [0.29, 0.717) is 6.04 Å². The van der Waals surface area contributed by atoms with Gasteiger partial charge in [-0.05, 0) is 31.4 Å². The van der Waals surface area contributed by atoms with E-state index in [9.17, 15) is 0 Å². The quantitative estimate of drug-likeness (QED) is 0.695. The second-order valence-electron chi connectivity index (χ2n) is 3.35. The predicted molar refractivity (Wildman–Crippen MR) is 50.0 cm³/mol. The third-order valence-electron chi connectivity index (χ3n) is 2.02. The van der Waals surface area contributed by atoms with E-state index in [1.165, 1.54) is 12.8 Å². The zero-order valence-corrected chi connectivity index (χ0v) is 7.17. The number of rotatable bonds is 2. The number of nitrogens with one attached hydrogen (secondary N) is 1. The summed E-state index contributed by atoms with van der Waals surface area (Å²) in [6, 6.07) is 2.59. The van der Waals surface area contributed by atoms with Crippen LogP contribution in [0, 0.1) is 6.92 Å². The second-order valence-corrected chi connectivity index (χ2v) is 3.35. The van der Waals surface area contributed by atoms with Gasteiger partial charge in [0.1, 0.15) is 5.82 Å². The van der Waals surface area contributed by atoms with Crippen molar-refractivity contribution in [3.63, 3.8) is 0 Å². The van der Waals surface area contributed by atoms with Gasteiger partial charge in [-0.1, -0.05) is 0 Å². The first-order chi connectivity index (χ1) is 5.75. The normalized spacial score (nSPS) is 16.1. The van der Waals surface area contributed by atoms with Crippen LogP contribution in [0.1, 0.15) is 18.4 Å². The van der Waals surface area contributed by atoms with E-state index in [0.717, 1.165) is 17.1 Å². The third-order valence-corrected chi connectivity index (χ3v) is 2.02. The van der Waals surface area contributed by atoms with Crippen LogP contribution in [0.4, 0.5) is 11.5 Å². The van der Waals surface area contributed by atoms with Crippen LogP contribution >= 0.6 is 0 Å². The van der Waals surface area contributed by atoms with E-state index in [4.69, 9.17) is 5.73 Å². The minimum Gasteiger partial charge on any atom is -0.397 e. The van der Waals surface area contributed by atoms with Gasteiger partial charge in [-0.3, -0.25) is 0 Å². The fraction of sp³-hybridized carbons (Fsp3) is 0.444. The fourth-order valence-corrected chi connectivity index (χ4v) is 1.17. The molecule has 1 aromatic rings. The molecule has 0 saturated heterocycles. The van der Waals surface area contributed by atoms with Gasteiger partial charge in [-0.25, -0.2) is 4.98 Å². The monoisotopic (exact) mass is 163 g/mol. The lowest BCUT2D eigenvalue weighted by Crippen LogP contribution is -2.05. The van der Waals surface area contributed by atoms with Gasteiger partial charge < -0.3 is 11.1 Å². The molecule has 2 rings (SSSR count). The molecule has 0 amide bonds. The van der Waals surface area contributed by atoms with Crippen LogP contribution < -0.4 is 11.1 Å². The van der Waals surface area contributed by atoms with Crippen molar-refractivity contribution in [2.24, 2.45) is 0 Å². The maximum absolute atomic E-state index is 5.58. The van der Waals surface area contributed by atoms with Gasteiger partial charge in [0, 0.05) is 6.04 Å². The van der Waals surface area contributed by atoms with Gasteiger partial charge in [0.15, 0.2) is 0 Å². The number of hydrogen-bond donors (Lipinski definition) is 2. The number of aromatic nitrogens is 1. The summed E-state index contributed by atoms with van der Waals surface area (Å²) < 4.78 is 0. The van der Waals surface area contributed by atoms with Gasteiger partial charge in [-0.15, -0.1) is 0 Å². The number of nitrogen functional groups attached to an aromatic ring is 1. The Morgan fingerprint density at radius 1 is 1.58 bits per heavy atom. The number of hydrogen-bond acceptors (Lipinski definition) is 3. The number of anilines is 2. The minimum atomic E-state index is 0.653. The van der Waals surface area contributed by atoms with Crippen molar-refractivity contribution in [1.29, 1.82) is 0 Å². The number of aryl methyl sites for hydroxylation is 1. The van der Waals surface area contributed by atoms with Crippen molar-refractivity contribution in [2.75, 3.05) is 11.1 Å². The van der Waals surface area contributed by atoms with Crippen molar-refractivity contribution >= 4 is 11.5 Å². The zero-order chi connectivity index (χ0) is 8.55. The summed E-state index contributed by atoms with van der Waals surface area (Å²) >= 11 is 0. The van der Waals surface area contributed by atoms with Gasteiger partial charge >= 0.3 is 0 Å². The molecule has 12 heavy (non-hydrogen) atoms. The highest BCUT2D eigenvalue weighted by molar-refractivity contribution is 5.51. The molecule has 1 aliphatic rings. The van der Waals surface area contributed by atoms with Gasteiger partial charge in [0.25, 0.3) is 0 Å². The predicted octanol–water partition coefficient (Wildman–Crippen LogP) is 1.55. The average Bonchev–Trinajstić information content (AvgIpc) is 2.79. The molecule has 1 aliphatic carbocycles. The van der Waals surface area contributed by atoms with Gasteiger partial charge in [-0.2, -0.15) is 0 Å². The molecule has 3 nitrogen and oxygen atoms in total. The SMILES string of the molecule is Cc1cc(N)cnc1NC1CC1. The average molecular weight is 163 g/mol. The Morgan fingerprint density at radius 2 is 2.33 bits per heavy atom. The number of pyridine rings is 1. The molecule has 0 aromatic carbocycles. The van der Waals surface area contributed by atoms with Crippen LogP contribution in [0.25, 0.3) is 0 Å². The smallest absolute Gasteiger partial charge is 0.129 e. The summed E-state index contributed by atoms with van der Waals surface area (Å²) in [4.78, 5) is 4.22. The number of nitrogens with two attached hydrogens (primary N) is 1. The molecule has 64 valence electrons. The molecule has 3 N–H and O–H groups in total. The van der Waals surface area contributed by atoms with E-state index in [-0.39, 0.29) is 0 Å².